The third-order valence-electron chi connectivity index (χ3n) is 3.22. The molecular formula is C11H24ClNO. The van der Waals surface area contributed by atoms with Crippen LogP contribution < -0.4 is 5.73 Å². The summed E-state index contributed by atoms with van der Waals surface area (Å²) >= 11 is 0. The molecule has 1 rings (SSSR count). The number of hydrogen-bond donors (Lipinski definition) is 2. The number of aliphatic hydroxyl groups is 1. The normalized spacial score (nSPS) is 21.4. The first-order valence-corrected chi connectivity index (χ1v) is 5.48. The van der Waals surface area contributed by atoms with Crippen molar-refractivity contribution in [3.63, 3.8) is 0 Å². The van der Waals surface area contributed by atoms with E-state index in [4.69, 9.17) is 5.73 Å². The zero-order valence-electron chi connectivity index (χ0n) is 9.33. The molecule has 0 aromatic carbocycles. The molecule has 14 heavy (non-hydrogen) atoms. The topological polar surface area (TPSA) is 46.2 Å². The SMILES string of the molecule is CC(C)(O)[C@@H](N)CC1CCCCC1.Cl. The zero-order valence-corrected chi connectivity index (χ0v) is 10.1. The summed E-state index contributed by atoms with van der Waals surface area (Å²) in [6.07, 6.45) is 7.69. The van der Waals surface area contributed by atoms with Crippen molar-refractivity contribution in [1.29, 1.82) is 0 Å². The maximum Gasteiger partial charge on any atom is 0.0742 e. The van der Waals surface area contributed by atoms with Gasteiger partial charge < -0.3 is 10.8 Å². The van der Waals surface area contributed by atoms with Crippen molar-refractivity contribution in [3.8, 4) is 0 Å². The Hall–Kier alpha value is 0.210. The summed E-state index contributed by atoms with van der Waals surface area (Å²) in [5.41, 5.74) is 5.22. The van der Waals surface area contributed by atoms with Gasteiger partial charge in [-0.2, -0.15) is 0 Å². The molecule has 0 spiro atoms. The van der Waals surface area contributed by atoms with Crippen molar-refractivity contribution in [2.24, 2.45) is 11.7 Å². The van der Waals surface area contributed by atoms with E-state index >= 15 is 0 Å². The van der Waals surface area contributed by atoms with Crippen LogP contribution >= 0.6 is 12.4 Å². The van der Waals surface area contributed by atoms with E-state index in [0.29, 0.717) is 0 Å². The first-order chi connectivity index (χ1) is 6.00. The number of hydrogen-bond acceptors (Lipinski definition) is 2. The van der Waals surface area contributed by atoms with Gasteiger partial charge in [0.2, 0.25) is 0 Å². The van der Waals surface area contributed by atoms with Crippen molar-refractivity contribution in [2.45, 2.75) is 64.0 Å². The molecule has 1 fully saturated rings. The lowest BCUT2D eigenvalue weighted by Gasteiger charge is -2.31. The molecule has 0 heterocycles. The van der Waals surface area contributed by atoms with Crippen LogP contribution in [0.3, 0.4) is 0 Å². The van der Waals surface area contributed by atoms with Gasteiger partial charge in [-0.3, -0.25) is 0 Å². The molecule has 1 atom stereocenters. The Kier molecular flexibility index (Phi) is 6.03. The molecule has 1 saturated carbocycles. The Bertz CT molecular complexity index is 150. The molecule has 86 valence electrons. The fourth-order valence-electron chi connectivity index (χ4n) is 2.07. The van der Waals surface area contributed by atoms with E-state index in [2.05, 4.69) is 0 Å². The lowest BCUT2D eigenvalue weighted by molar-refractivity contribution is 0.0407. The maximum atomic E-state index is 9.69. The van der Waals surface area contributed by atoms with Crippen molar-refractivity contribution < 1.29 is 5.11 Å². The molecular weight excluding hydrogens is 198 g/mol. The molecule has 0 aliphatic heterocycles. The third kappa shape index (κ3) is 4.63. The van der Waals surface area contributed by atoms with Crippen molar-refractivity contribution in [2.75, 3.05) is 0 Å². The molecule has 1 aliphatic rings. The number of halogens is 1. The second kappa shape index (κ2) is 5.94. The molecule has 0 amide bonds. The summed E-state index contributed by atoms with van der Waals surface area (Å²) in [5.74, 6) is 0.759. The minimum absolute atomic E-state index is 0. The second-order valence-electron chi connectivity index (χ2n) is 5.00. The van der Waals surface area contributed by atoms with Crippen LogP contribution in [-0.4, -0.2) is 16.7 Å². The smallest absolute Gasteiger partial charge is 0.0742 e. The van der Waals surface area contributed by atoms with Crippen molar-refractivity contribution in [3.05, 3.63) is 0 Å². The van der Waals surface area contributed by atoms with Gasteiger partial charge in [-0.15, -0.1) is 12.4 Å². The largest absolute Gasteiger partial charge is 0.389 e. The molecule has 0 radical (unpaired) electrons. The van der Waals surface area contributed by atoms with Gasteiger partial charge >= 0.3 is 0 Å². The Balaban J connectivity index is 0.00000169. The number of rotatable bonds is 3. The molecule has 3 heteroatoms. The van der Waals surface area contributed by atoms with Crippen LogP contribution in [0, 0.1) is 5.92 Å². The minimum atomic E-state index is -0.711. The summed E-state index contributed by atoms with van der Waals surface area (Å²) in [5, 5.41) is 9.69. The summed E-state index contributed by atoms with van der Waals surface area (Å²) in [7, 11) is 0. The summed E-state index contributed by atoms with van der Waals surface area (Å²) in [6.45, 7) is 3.61. The first-order valence-electron chi connectivity index (χ1n) is 5.48. The fraction of sp³-hybridized carbons (Fsp3) is 1.00. The summed E-state index contributed by atoms with van der Waals surface area (Å²) in [4.78, 5) is 0. The van der Waals surface area contributed by atoms with Gasteiger partial charge in [0, 0.05) is 6.04 Å². The average molecular weight is 222 g/mol. The van der Waals surface area contributed by atoms with Gasteiger partial charge in [0.15, 0.2) is 0 Å². The van der Waals surface area contributed by atoms with Crippen LogP contribution in [0.4, 0.5) is 0 Å². The predicted molar refractivity (Wildman–Crippen MR) is 62.7 cm³/mol. The average Bonchev–Trinajstić information content (AvgIpc) is 2.04. The highest BCUT2D eigenvalue weighted by Crippen LogP contribution is 2.28. The van der Waals surface area contributed by atoms with Crippen molar-refractivity contribution in [1.82, 2.24) is 0 Å². The molecule has 0 unspecified atom stereocenters. The highest BCUT2D eigenvalue weighted by molar-refractivity contribution is 5.85. The van der Waals surface area contributed by atoms with E-state index in [-0.39, 0.29) is 18.4 Å². The lowest BCUT2D eigenvalue weighted by Crippen LogP contribution is -2.44. The lowest BCUT2D eigenvalue weighted by atomic mass is 9.81. The van der Waals surface area contributed by atoms with Crippen LogP contribution in [0.2, 0.25) is 0 Å². The van der Waals surface area contributed by atoms with Crippen LogP contribution in [0.5, 0.6) is 0 Å². The van der Waals surface area contributed by atoms with E-state index in [1.165, 1.54) is 32.1 Å². The first kappa shape index (κ1) is 14.2. The van der Waals surface area contributed by atoms with Crippen molar-refractivity contribution >= 4 is 12.4 Å². The van der Waals surface area contributed by atoms with E-state index < -0.39 is 5.60 Å². The quantitative estimate of drug-likeness (QED) is 0.769. The highest BCUT2D eigenvalue weighted by Gasteiger charge is 2.26. The summed E-state index contributed by atoms with van der Waals surface area (Å²) < 4.78 is 0. The van der Waals surface area contributed by atoms with Crippen LogP contribution in [0.15, 0.2) is 0 Å². The number of nitrogens with two attached hydrogens (primary N) is 1. The Morgan fingerprint density at radius 3 is 2.21 bits per heavy atom. The van der Waals surface area contributed by atoms with Crippen LogP contribution in [-0.2, 0) is 0 Å². The van der Waals surface area contributed by atoms with Gasteiger partial charge in [0.25, 0.3) is 0 Å². The van der Waals surface area contributed by atoms with Gasteiger partial charge in [-0.05, 0) is 26.2 Å². The Labute approximate surface area is 93.7 Å². The van der Waals surface area contributed by atoms with Gasteiger partial charge in [-0.25, -0.2) is 0 Å². The predicted octanol–water partition coefficient (Wildman–Crippen LogP) is 2.48. The maximum absolute atomic E-state index is 9.69. The highest BCUT2D eigenvalue weighted by atomic mass is 35.5. The van der Waals surface area contributed by atoms with Gasteiger partial charge in [0.05, 0.1) is 5.60 Å². The van der Waals surface area contributed by atoms with E-state index in [0.717, 1.165) is 12.3 Å². The molecule has 0 aromatic heterocycles. The van der Waals surface area contributed by atoms with Crippen LogP contribution in [0.1, 0.15) is 52.4 Å². The Morgan fingerprint density at radius 2 is 1.79 bits per heavy atom. The Morgan fingerprint density at radius 1 is 1.29 bits per heavy atom. The third-order valence-corrected chi connectivity index (χ3v) is 3.22. The minimum Gasteiger partial charge on any atom is -0.389 e. The van der Waals surface area contributed by atoms with E-state index in [1.807, 2.05) is 0 Å². The molecule has 0 aromatic rings. The van der Waals surface area contributed by atoms with E-state index in [1.54, 1.807) is 13.8 Å². The molecule has 1 aliphatic carbocycles. The van der Waals surface area contributed by atoms with Gasteiger partial charge in [-0.1, -0.05) is 32.1 Å². The monoisotopic (exact) mass is 221 g/mol. The molecule has 0 bridgehead atoms. The molecule has 3 N–H and O–H groups in total. The van der Waals surface area contributed by atoms with Crippen LogP contribution in [0.25, 0.3) is 0 Å². The molecule has 0 saturated heterocycles. The second-order valence-corrected chi connectivity index (χ2v) is 5.00. The van der Waals surface area contributed by atoms with Gasteiger partial charge in [0.1, 0.15) is 0 Å². The fourth-order valence-corrected chi connectivity index (χ4v) is 2.07. The zero-order chi connectivity index (χ0) is 9.90. The standard InChI is InChI=1S/C11H23NO.ClH/c1-11(2,13)10(12)8-9-6-4-3-5-7-9;/h9-10,13H,3-8,12H2,1-2H3;1H/t10-;/m0./s1. The van der Waals surface area contributed by atoms with E-state index in [9.17, 15) is 5.11 Å². The summed E-state index contributed by atoms with van der Waals surface area (Å²) in [6, 6.07) is -0.0596. The molecule has 2 nitrogen and oxygen atoms in total.